The molecule has 1 saturated heterocycles. The minimum absolute atomic E-state index is 0.0855. The molecule has 6 nitrogen and oxygen atoms in total. The van der Waals surface area contributed by atoms with Crippen LogP contribution in [0, 0.1) is 10.1 Å². The van der Waals surface area contributed by atoms with Crippen molar-refractivity contribution < 1.29 is 9.72 Å². The second kappa shape index (κ2) is 5.88. The van der Waals surface area contributed by atoms with Crippen LogP contribution in [0.25, 0.3) is 0 Å². The summed E-state index contributed by atoms with van der Waals surface area (Å²) in [5.74, 6) is -0.152. The number of nitro benzene ring substituents is 1. The zero-order valence-corrected chi connectivity index (χ0v) is 13.0. The Morgan fingerprint density at radius 3 is 2.75 bits per heavy atom. The lowest BCUT2D eigenvalue weighted by atomic mass is 10.1. The SMILES string of the molecule is CC1CN(C)CCN1C(=O)c1ccc(Br)c([N+](=O)[O-])c1. The van der Waals surface area contributed by atoms with Gasteiger partial charge in [0.25, 0.3) is 11.6 Å². The molecule has 1 amide bonds. The molecule has 1 aromatic rings. The van der Waals surface area contributed by atoms with Crippen LogP contribution >= 0.6 is 15.9 Å². The van der Waals surface area contributed by atoms with E-state index in [9.17, 15) is 14.9 Å². The number of carbonyl (C=O) groups excluding carboxylic acids is 1. The minimum Gasteiger partial charge on any atom is -0.333 e. The molecule has 20 heavy (non-hydrogen) atoms. The average molecular weight is 342 g/mol. The molecule has 7 heteroatoms. The molecule has 0 bridgehead atoms. The molecule has 0 saturated carbocycles. The van der Waals surface area contributed by atoms with Crippen LogP contribution in [0.4, 0.5) is 5.69 Å². The highest BCUT2D eigenvalue weighted by molar-refractivity contribution is 9.10. The molecule has 1 fully saturated rings. The zero-order chi connectivity index (χ0) is 14.9. The van der Waals surface area contributed by atoms with Gasteiger partial charge in [-0.1, -0.05) is 0 Å². The van der Waals surface area contributed by atoms with Crippen molar-refractivity contribution in [1.29, 1.82) is 0 Å². The van der Waals surface area contributed by atoms with Crippen molar-refractivity contribution in [2.45, 2.75) is 13.0 Å². The fraction of sp³-hybridized carbons (Fsp3) is 0.462. The topological polar surface area (TPSA) is 66.7 Å². The van der Waals surface area contributed by atoms with E-state index < -0.39 is 4.92 Å². The number of carbonyl (C=O) groups is 1. The molecular weight excluding hydrogens is 326 g/mol. The summed E-state index contributed by atoms with van der Waals surface area (Å²) in [5, 5.41) is 10.9. The monoisotopic (exact) mass is 341 g/mol. The first kappa shape index (κ1) is 14.9. The Kier molecular flexibility index (Phi) is 4.39. The van der Waals surface area contributed by atoms with Crippen LogP contribution in [0.3, 0.4) is 0 Å². The van der Waals surface area contributed by atoms with Crippen LogP contribution in [0.1, 0.15) is 17.3 Å². The summed E-state index contributed by atoms with van der Waals surface area (Å²) in [6.07, 6.45) is 0. The van der Waals surface area contributed by atoms with E-state index in [4.69, 9.17) is 0 Å². The number of hydrogen-bond donors (Lipinski definition) is 0. The van der Waals surface area contributed by atoms with Crippen molar-refractivity contribution in [3.05, 3.63) is 38.3 Å². The number of benzene rings is 1. The van der Waals surface area contributed by atoms with E-state index in [1.165, 1.54) is 6.07 Å². The summed E-state index contributed by atoms with van der Waals surface area (Å²) >= 11 is 3.12. The molecule has 1 aliphatic heterocycles. The van der Waals surface area contributed by atoms with Crippen LogP contribution in [0.5, 0.6) is 0 Å². The van der Waals surface area contributed by atoms with E-state index in [1.54, 1.807) is 17.0 Å². The van der Waals surface area contributed by atoms with E-state index in [0.29, 0.717) is 16.6 Å². The molecule has 0 N–H and O–H groups in total. The number of piperazine rings is 1. The van der Waals surface area contributed by atoms with Gasteiger partial charge in [-0.25, -0.2) is 0 Å². The number of nitro groups is 1. The summed E-state index contributed by atoms with van der Waals surface area (Å²) in [5.41, 5.74) is 0.272. The van der Waals surface area contributed by atoms with Gasteiger partial charge < -0.3 is 9.80 Å². The van der Waals surface area contributed by atoms with Crippen molar-refractivity contribution in [1.82, 2.24) is 9.80 Å². The fourth-order valence-electron chi connectivity index (χ4n) is 2.39. The smallest absolute Gasteiger partial charge is 0.284 e. The van der Waals surface area contributed by atoms with Crippen LogP contribution in [-0.2, 0) is 0 Å². The highest BCUT2D eigenvalue weighted by Crippen LogP contribution is 2.26. The maximum absolute atomic E-state index is 12.5. The number of hydrogen-bond acceptors (Lipinski definition) is 4. The molecule has 108 valence electrons. The maximum atomic E-state index is 12.5. The van der Waals surface area contributed by atoms with Crippen molar-refractivity contribution in [2.24, 2.45) is 0 Å². The third-order valence-electron chi connectivity index (χ3n) is 3.48. The van der Waals surface area contributed by atoms with E-state index in [2.05, 4.69) is 20.8 Å². The number of nitrogens with zero attached hydrogens (tertiary/aromatic N) is 3. The van der Waals surface area contributed by atoms with Crippen molar-refractivity contribution in [3.8, 4) is 0 Å². The molecule has 0 aromatic heterocycles. The molecule has 1 unspecified atom stereocenters. The van der Waals surface area contributed by atoms with E-state index in [0.717, 1.165) is 13.1 Å². The highest BCUT2D eigenvalue weighted by atomic mass is 79.9. The van der Waals surface area contributed by atoms with Crippen molar-refractivity contribution in [2.75, 3.05) is 26.7 Å². The summed E-state index contributed by atoms with van der Waals surface area (Å²) in [6.45, 7) is 4.25. The standard InChI is InChI=1S/C13H16BrN3O3/c1-9-8-15(2)5-6-16(9)13(18)10-3-4-11(14)12(7-10)17(19)20/h3-4,7,9H,5-6,8H2,1-2H3. The number of likely N-dealkylation sites (N-methyl/N-ethyl adjacent to an activating group) is 1. The van der Waals surface area contributed by atoms with Gasteiger partial charge in [-0.2, -0.15) is 0 Å². The normalized spacial score (nSPS) is 19.9. The lowest BCUT2D eigenvalue weighted by Crippen LogP contribution is -2.52. The third-order valence-corrected chi connectivity index (χ3v) is 4.15. The summed E-state index contributed by atoms with van der Waals surface area (Å²) < 4.78 is 0.380. The molecule has 1 heterocycles. The maximum Gasteiger partial charge on any atom is 0.284 e. The molecule has 0 spiro atoms. The number of amides is 1. The van der Waals surface area contributed by atoms with Gasteiger partial charge in [0.05, 0.1) is 9.40 Å². The molecule has 1 atom stereocenters. The third kappa shape index (κ3) is 2.99. The van der Waals surface area contributed by atoms with E-state index in [-0.39, 0.29) is 17.6 Å². The molecule has 1 aromatic carbocycles. The summed E-state index contributed by atoms with van der Waals surface area (Å²) in [6, 6.07) is 4.59. The van der Waals surface area contributed by atoms with Gasteiger partial charge >= 0.3 is 0 Å². The highest BCUT2D eigenvalue weighted by Gasteiger charge is 2.27. The molecule has 0 aliphatic carbocycles. The van der Waals surface area contributed by atoms with Gasteiger partial charge in [0.2, 0.25) is 0 Å². The van der Waals surface area contributed by atoms with Crippen LogP contribution in [0.2, 0.25) is 0 Å². The predicted molar refractivity (Wildman–Crippen MR) is 78.8 cm³/mol. The minimum atomic E-state index is -0.492. The van der Waals surface area contributed by atoms with Crippen molar-refractivity contribution in [3.63, 3.8) is 0 Å². The van der Waals surface area contributed by atoms with Crippen LogP contribution in [-0.4, -0.2) is 53.4 Å². The van der Waals surface area contributed by atoms with Gasteiger partial charge in [0.15, 0.2) is 0 Å². The zero-order valence-electron chi connectivity index (χ0n) is 11.4. The van der Waals surface area contributed by atoms with Gasteiger partial charge in [-0.15, -0.1) is 0 Å². The Bertz CT molecular complexity index is 550. The second-order valence-electron chi connectivity index (χ2n) is 5.03. The Morgan fingerprint density at radius 1 is 1.45 bits per heavy atom. The van der Waals surface area contributed by atoms with Gasteiger partial charge in [-0.05, 0) is 42.0 Å². The Labute approximate surface area is 125 Å². The van der Waals surface area contributed by atoms with Gasteiger partial charge in [0, 0.05) is 37.3 Å². The predicted octanol–water partition coefficient (Wildman–Crippen LogP) is 2.13. The first-order valence-electron chi connectivity index (χ1n) is 6.33. The van der Waals surface area contributed by atoms with E-state index >= 15 is 0 Å². The Morgan fingerprint density at radius 2 is 2.15 bits per heavy atom. The van der Waals surface area contributed by atoms with Gasteiger partial charge in [0.1, 0.15) is 0 Å². The number of halogens is 1. The molecule has 2 rings (SSSR count). The first-order valence-corrected chi connectivity index (χ1v) is 7.13. The average Bonchev–Trinajstić information content (AvgIpc) is 2.38. The molecule has 1 aliphatic rings. The first-order chi connectivity index (χ1) is 9.40. The lowest BCUT2D eigenvalue weighted by molar-refractivity contribution is -0.385. The lowest BCUT2D eigenvalue weighted by Gasteiger charge is -2.38. The van der Waals surface area contributed by atoms with Crippen molar-refractivity contribution >= 4 is 27.5 Å². The Hall–Kier alpha value is -1.47. The second-order valence-corrected chi connectivity index (χ2v) is 5.89. The van der Waals surface area contributed by atoms with Crippen LogP contribution < -0.4 is 0 Å². The summed E-state index contributed by atoms with van der Waals surface area (Å²) in [4.78, 5) is 26.8. The molecular formula is C13H16BrN3O3. The largest absolute Gasteiger partial charge is 0.333 e. The Balaban J connectivity index is 2.25. The van der Waals surface area contributed by atoms with E-state index in [1.807, 2.05) is 14.0 Å². The number of rotatable bonds is 2. The summed E-state index contributed by atoms with van der Waals surface area (Å²) in [7, 11) is 2.02. The molecule has 0 radical (unpaired) electrons. The van der Waals surface area contributed by atoms with Crippen LogP contribution in [0.15, 0.2) is 22.7 Å². The fourth-order valence-corrected chi connectivity index (χ4v) is 2.78. The van der Waals surface area contributed by atoms with Gasteiger partial charge in [-0.3, -0.25) is 14.9 Å². The quantitative estimate of drug-likeness (QED) is 0.610.